The van der Waals surface area contributed by atoms with Crippen LogP contribution in [-0.4, -0.2) is 18.5 Å². The Balaban J connectivity index is 2.09. The van der Waals surface area contributed by atoms with Gasteiger partial charge in [-0.3, -0.25) is 4.79 Å². The summed E-state index contributed by atoms with van der Waals surface area (Å²) in [6.45, 7) is 3.48. The highest BCUT2D eigenvalue weighted by Crippen LogP contribution is 2.39. The van der Waals surface area contributed by atoms with Gasteiger partial charge in [-0.05, 0) is 37.1 Å². The minimum atomic E-state index is -0.879. The summed E-state index contributed by atoms with van der Waals surface area (Å²) in [5, 5.41) is 0.229. The van der Waals surface area contributed by atoms with Crippen molar-refractivity contribution in [3.8, 4) is 17.2 Å². The molecule has 0 aliphatic carbocycles. The number of fused-ring (bicyclic) bond motifs is 1. The standard InChI is InChI=1S/C24H22O7/c1-3-4-5-9-15-28-21-20-18(29-16(2)25)13-10-14-19(20)30-24(27)22(21)31-23(26)17-11-7-6-8-12-17/h4-8,10-14H,3,9,15H2,1-2H3/b5-4+. The van der Waals surface area contributed by atoms with Crippen LogP contribution in [0.4, 0.5) is 0 Å². The van der Waals surface area contributed by atoms with E-state index in [4.69, 9.17) is 18.6 Å². The minimum absolute atomic E-state index is 0.0164. The Morgan fingerprint density at radius 1 is 0.968 bits per heavy atom. The van der Waals surface area contributed by atoms with Gasteiger partial charge in [-0.1, -0.05) is 43.3 Å². The first-order valence-corrected chi connectivity index (χ1v) is 9.84. The largest absolute Gasteiger partial charge is 0.488 e. The van der Waals surface area contributed by atoms with Gasteiger partial charge in [-0.15, -0.1) is 0 Å². The maximum Gasteiger partial charge on any atom is 0.383 e. The van der Waals surface area contributed by atoms with Gasteiger partial charge >= 0.3 is 17.6 Å². The number of hydrogen-bond donors (Lipinski definition) is 0. The van der Waals surface area contributed by atoms with Crippen molar-refractivity contribution in [3.05, 3.63) is 76.7 Å². The average Bonchev–Trinajstić information content (AvgIpc) is 2.75. The molecule has 0 aliphatic rings. The van der Waals surface area contributed by atoms with Crippen LogP contribution in [0.2, 0.25) is 0 Å². The SMILES string of the molecule is CC/C=C/CCOc1c(OC(=O)c2ccccc2)c(=O)oc2cccc(OC(C)=O)c12. The molecule has 0 atom stereocenters. The van der Waals surface area contributed by atoms with Crippen molar-refractivity contribution in [2.24, 2.45) is 0 Å². The first kappa shape index (κ1) is 21.8. The Morgan fingerprint density at radius 3 is 2.45 bits per heavy atom. The molecular formula is C24H22O7. The van der Waals surface area contributed by atoms with E-state index in [2.05, 4.69) is 0 Å². The van der Waals surface area contributed by atoms with Gasteiger partial charge in [0, 0.05) is 6.92 Å². The summed E-state index contributed by atoms with van der Waals surface area (Å²) in [6, 6.07) is 12.9. The molecule has 1 heterocycles. The topological polar surface area (TPSA) is 92.0 Å². The molecule has 0 N–H and O–H groups in total. The van der Waals surface area contributed by atoms with Crippen LogP contribution in [0, 0.1) is 0 Å². The van der Waals surface area contributed by atoms with Gasteiger partial charge in [0.25, 0.3) is 5.75 Å². The molecule has 2 aromatic carbocycles. The third-order valence-electron chi connectivity index (χ3n) is 4.20. The lowest BCUT2D eigenvalue weighted by atomic mass is 10.2. The average molecular weight is 422 g/mol. The summed E-state index contributed by atoms with van der Waals surface area (Å²) in [7, 11) is 0. The lowest BCUT2D eigenvalue weighted by molar-refractivity contribution is -0.131. The molecule has 3 rings (SSSR count). The predicted molar refractivity (Wildman–Crippen MR) is 115 cm³/mol. The zero-order valence-electron chi connectivity index (χ0n) is 17.3. The maximum absolute atomic E-state index is 12.6. The highest BCUT2D eigenvalue weighted by atomic mass is 16.6. The van der Waals surface area contributed by atoms with Gasteiger partial charge < -0.3 is 18.6 Å². The lowest BCUT2D eigenvalue weighted by Crippen LogP contribution is -2.16. The molecule has 0 bridgehead atoms. The zero-order chi connectivity index (χ0) is 22.2. The molecule has 160 valence electrons. The number of allylic oxidation sites excluding steroid dienone is 1. The third kappa shape index (κ3) is 5.39. The van der Waals surface area contributed by atoms with E-state index in [-0.39, 0.29) is 34.6 Å². The monoisotopic (exact) mass is 422 g/mol. The van der Waals surface area contributed by atoms with Crippen LogP contribution in [0.25, 0.3) is 11.0 Å². The first-order chi connectivity index (χ1) is 15.0. The molecule has 0 saturated heterocycles. The molecular weight excluding hydrogens is 400 g/mol. The predicted octanol–water partition coefficient (Wildman–Crippen LogP) is 4.67. The number of carbonyl (C=O) groups is 2. The van der Waals surface area contributed by atoms with Crippen molar-refractivity contribution in [1.29, 1.82) is 0 Å². The zero-order valence-corrected chi connectivity index (χ0v) is 17.3. The normalized spacial score (nSPS) is 10.9. The summed E-state index contributed by atoms with van der Waals surface area (Å²) in [4.78, 5) is 36.8. The van der Waals surface area contributed by atoms with E-state index in [1.165, 1.54) is 19.1 Å². The Kier molecular flexibility index (Phi) is 7.22. The first-order valence-electron chi connectivity index (χ1n) is 9.84. The van der Waals surface area contributed by atoms with E-state index in [9.17, 15) is 14.4 Å². The van der Waals surface area contributed by atoms with E-state index >= 15 is 0 Å². The fourth-order valence-corrected chi connectivity index (χ4v) is 2.88. The van der Waals surface area contributed by atoms with Gasteiger partial charge in [0.2, 0.25) is 0 Å². The molecule has 0 aliphatic heterocycles. The lowest BCUT2D eigenvalue weighted by Gasteiger charge is -2.14. The second-order valence-corrected chi connectivity index (χ2v) is 6.54. The maximum atomic E-state index is 12.6. The molecule has 0 radical (unpaired) electrons. The Morgan fingerprint density at radius 2 is 1.74 bits per heavy atom. The van der Waals surface area contributed by atoms with Crippen molar-refractivity contribution in [2.75, 3.05) is 6.61 Å². The molecule has 7 heteroatoms. The number of carbonyl (C=O) groups excluding carboxylic acids is 2. The number of ether oxygens (including phenoxy) is 3. The van der Waals surface area contributed by atoms with E-state index in [0.29, 0.717) is 6.42 Å². The minimum Gasteiger partial charge on any atom is -0.488 e. The van der Waals surface area contributed by atoms with Crippen LogP contribution in [0.5, 0.6) is 17.2 Å². The van der Waals surface area contributed by atoms with Gasteiger partial charge in [-0.2, -0.15) is 0 Å². The molecule has 31 heavy (non-hydrogen) atoms. The van der Waals surface area contributed by atoms with Gasteiger partial charge in [-0.25, -0.2) is 9.59 Å². The van der Waals surface area contributed by atoms with Crippen molar-refractivity contribution >= 4 is 22.9 Å². The van der Waals surface area contributed by atoms with Crippen LogP contribution in [0.1, 0.15) is 37.0 Å². The number of esters is 2. The Hall–Kier alpha value is -3.87. The summed E-state index contributed by atoms with van der Waals surface area (Å²) in [5.74, 6) is -1.59. The van der Waals surface area contributed by atoms with Crippen LogP contribution in [0.3, 0.4) is 0 Å². The van der Waals surface area contributed by atoms with Crippen molar-refractivity contribution < 1.29 is 28.2 Å². The molecule has 7 nitrogen and oxygen atoms in total. The third-order valence-corrected chi connectivity index (χ3v) is 4.20. The van der Waals surface area contributed by atoms with E-state index in [0.717, 1.165) is 6.42 Å². The smallest absolute Gasteiger partial charge is 0.383 e. The van der Waals surface area contributed by atoms with E-state index < -0.39 is 23.3 Å². The van der Waals surface area contributed by atoms with Crippen molar-refractivity contribution in [2.45, 2.75) is 26.7 Å². The summed E-state index contributed by atoms with van der Waals surface area (Å²) in [6.07, 6.45) is 5.38. The van der Waals surface area contributed by atoms with Crippen molar-refractivity contribution in [1.82, 2.24) is 0 Å². The Bertz CT molecular complexity index is 1160. The molecule has 0 saturated carbocycles. The number of rotatable bonds is 8. The van der Waals surface area contributed by atoms with Crippen LogP contribution in [0.15, 0.2) is 69.9 Å². The molecule has 0 unspecified atom stereocenters. The fraction of sp³-hybridized carbons (Fsp3) is 0.208. The van der Waals surface area contributed by atoms with Gasteiger partial charge in [0.05, 0.1) is 12.2 Å². The van der Waals surface area contributed by atoms with E-state index in [1.807, 2.05) is 19.1 Å². The molecule has 0 fully saturated rings. The molecule has 1 aromatic heterocycles. The number of hydrogen-bond acceptors (Lipinski definition) is 7. The second-order valence-electron chi connectivity index (χ2n) is 6.54. The summed E-state index contributed by atoms with van der Waals surface area (Å²) in [5.41, 5.74) is -0.481. The van der Waals surface area contributed by atoms with Crippen LogP contribution < -0.4 is 19.8 Å². The number of benzene rings is 2. The highest BCUT2D eigenvalue weighted by Gasteiger charge is 2.24. The van der Waals surface area contributed by atoms with Gasteiger partial charge in [0.15, 0.2) is 5.75 Å². The van der Waals surface area contributed by atoms with Crippen LogP contribution in [-0.2, 0) is 4.79 Å². The Labute approximate surface area is 178 Å². The van der Waals surface area contributed by atoms with Gasteiger partial charge in [0.1, 0.15) is 16.7 Å². The molecule has 0 amide bonds. The van der Waals surface area contributed by atoms with Crippen molar-refractivity contribution in [3.63, 3.8) is 0 Å². The summed E-state index contributed by atoms with van der Waals surface area (Å²) >= 11 is 0. The fourth-order valence-electron chi connectivity index (χ4n) is 2.88. The summed E-state index contributed by atoms with van der Waals surface area (Å²) < 4.78 is 21.8. The van der Waals surface area contributed by atoms with Crippen LogP contribution >= 0.6 is 0 Å². The molecule has 0 spiro atoms. The highest BCUT2D eigenvalue weighted by molar-refractivity contribution is 5.96. The molecule has 3 aromatic rings. The quantitative estimate of drug-likeness (QED) is 0.171. The van der Waals surface area contributed by atoms with E-state index in [1.54, 1.807) is 36.4 Å². The second kappa shape index (κ2) is 10.2.